The largest absolute Gasteiger partial charge is 0.379 e. The van der Waals surface area contributed by atoms with Gasteiger partial charge >= 0.3 is 0 Å². The number of ether oxygens (including phenoxy) is 1. The third kappa shape index (κ3) is 7.34. The third-order valence-corrected chi connectivity index (χ3v) is 5.68. The lowest BCUT2D eigenvalue weighted by atomic mass is 10.1. The first kappa shape index (κ1) is 23.2. The van der Waals surface area contributed by atoms with Crippen LogP contribution in [0.3, 0.4) is 0 Å². The molecule has 0 radical (unpaired) electrons. The number of carbonyl (C=O) groups is 2. The maximum absolute atomic E-state index is 13.3. The molecule has 10 heteroatoms. The summed E-state index contributed by atoms with van der Waals surface area (Å²) in [5.41, 5.74) is 0.207. The Labute approximate surface area is 183 Å². The zero-order chi connectivity index (χ0) is 22.2. The third-order valence-electron chi connectivity index (χ3n) is 4.78. The molecule has 2 aromatic rings. The maximum atomic E-state index is 13.3. The van der Waals surface area contributed by atoms with Gasteiger partial charge in [-0.05, 0) is 24.1 Å². The number of aromatic nitrogens is 1. The summed E-state index contributed by atoms with van der Waals surface area (Å²) in [6.07, 6.45) is 2.62. The first-order chi connectivity index (χ1) is 14.9. The highest BCUT2D eigenvalue weighted by Crippen LogP contribution is 2.20. The smallest absolute Gasteiger partial charge is 0.248 e. The molecule has 1 aliphatic rings. The first-order valence-corrected chi connectivity index (χ1v) is 11.0. The summed E-state index contributed by atoms with van der Waals surface area (Å²) in [5, 5.41) is 5.89. The molecule has 3 rings (SSSR count). The van der Waals surface area contributed by atoms with Gasteiger partial charge in [-0.15, -0.1) is 11.3 Å². The number of anilines is 1. The van der Waals surface area contributed by atoms with Gasteiger partial charge in [0.15, 0.2) is 5.13 Å². The molecule has 1 aromatic carbocycles. The zero-order valence-corrected chi connectivity index (χ0v) is 18.1. The lowest BCUT2D eigenvalue weighted by Crippen LogP contribution is -2.44. The van der Waals surface area contributed by atoms with E-state index in [0.717, 1.165) is 42.7 Å². The summed E-state index contributed by atoms with van der Waals surface area (Å²) in [6.45, 7) is 5.79. The van der Waals surface area contributed by atoms with E-state index in [-0.39, 0.29) is 17.9 Å². The number of nitrogens with zero attached hydrogens (tertiary/aromatic N) is 2. The predicted molar refractivity (Wildman–Crippen MR) is 114 cm³/mol. The number of thiazole rings is 1. The second-order valence-electron chi connectivity index (χ2n) is 7.37. The van der Waals surface area contributed by atoms with Gasteiger partial charge in [-0.1, -0.05) is 13.3 Å². The molecule has 1 fully saturated rings. The number of halogens is 2. The fourth-order valence-corrected chi connectivity index (χ4v) is 4.17. The molecule has 1 saturated heterocycles. The van der Waals surface area contributed by atoms with Gasteiger partial charge in [-0.3, -0.25) is 14.5 Å². The molecule has 2 amide bonds. The van der Waals surface area contributed by atoms with Crippen LogP contribution in [-0.2, 0) is 27.3 Å². The molecule has 1 aliphatic heterocycles. The minimum atomic E-state index is -0.762. The Balaban J connectivity index is 1.55. The average Bonchev–Trinajstić information content (AvgIpc) is 3.14. The van der Waals surface area contributed by atoms with E-state index in [9.17, 15) is 18.4 Å². The Morgan fingerprint density at radius 2 is 1.94 bits per heavy atom. The number of hydrogen-bond donors (Lipinski definition) is 2. The van der Waals surface area contributed by atoms with Crippen LogP contribution in [0.4, 0.5) is 13.9 Å². The average molecular weight is 453 g/mol. The zero-order valence-electron chi connectivity index (χ0n) is 17.3. The van der Waals surface area contributed by atoms with E-state index in [0.29, 0.717) is 31.2 Å². The van der Waals surface area contributed by atoms with Crippen LogP contribution in [-0.4, -0.2) is 54.0 Å². The van der Waals surface area contributed by atoms with Crippen molar-refractivity contribution >= 4 is 28.3 Å². The van der Waals surface area contributed by atoms with Crippen LogP contribution in [0.1, 0.15) is 30.2 Å². The summed E-state index contributed by atoms with van der Waals surface area (Å²) in [5.74, 6) is -2.34. The van der Waals surface area contributed by atoms with Crippen LogP contribution in [0.15, 0.2) is 24.4 Å². The second kappa shape index (κ2) is 11.3. The molecule has 0 spiro atoms. The molecule has 2 heterocycles. The van der Waals surface area contributed by atoms with Crippen molar-refractivity contribution in [3.05, 3.63) is 46.5 Å². The molecule has 1 unspecified atom stereocenters. The Bertz CT molecular complexity index is 882. The number of benzene rings is 1. The highest BCUT2D eigenvalue weighted by molar-refractivity contribution is 7.15. The monoisotopic (exact) mass is 452 g/mol. The van der Waals surface area contributed by atoms with E-state index < -0.39 is 23.6 Å². The van der Waals surface area contributed by atoms with Crippen LogP contribution in [0.5, 0.6) is 0 Å². The summed E-state index contributed by atoms with van der Waals surface area (Å²) in [6, 6.07) is 2.19. The maximum Gasteiger partial charge on any atom is 0.248 e. The fraction of sp³-hybridized carbons (Fsp3) is 0.476. The number of nitrogens with one attached hydrogen (secondary N) is 2. The molecule has 0 saturated carbocycles. The Morgan fingerprint density at radius 1 is 1.23 bits per heavy atom. The van der Waals surface area contributed by atoms with Crippen molar-refractivity contribution in [1.82, 2.24) is 15.2 Å². The fourth-order valence-electron chi connectivity index (χ4n) is 3.31. The molecule has 0 aliphatic carbocycles. The van der Waals surface area contributed by atoms with E-state index in [1.165, 1.54) is 11.3 Å². The van der Waals surface area contributed by atoms with Crippen LogP contribution in [0.2, 0.25) is 0 Å². The van der Waals surface area contributed by atoms with E-state index >= 15 is 0 Å². The predicted octanol–water partition coefficient (Wildman–Crippen LogP) is 2.72. The molecule has 1 aromatic heterocycles. The Kier molecular flexibility index (Phi) is 8.44. The van der Waals surface area contributed by atoms with Crippen molar-refractivity contribution < 1.29 is 23.1 Å². The van der Waals surface area contributed by atoms with E-state index in [2.05, 4.69) is 20.5 Å². The van der Waals surface area contributed by atoms with Crippen LogP contribution < -0.4 is 10.6 Å². The van der Waals surface area contributed by atoms with Crippen LogP contribution in [0.25, 0.3) is 0 Å². The Morgan fingerprint density at radius 3 is 2.61 bits per heavy atom. The van der Waals surface area contributed by atoms with Gasteiger partial charge in [0, 0.05) is 36.8 Å². The molecule has 0 bridgehead atoms. The van der Waals surface area contributed by atoms with Gasteiger partial charge < -0.3 is 15.4 Å². The molecule has 31 heavy (non-hydrogen) atoms. The van der Waals surface area contributed by atoms with Crippen molar-refractivity contribution in [2.24, 2.45) is 0 Å². The van der Waals surface area contributed by atoms with Crippen LogP contribution in [0, 0.1) is 11.6 Å². The van der Waals surface area contributed by atoms with Crippen molar-refractivity contribution in [3.8, 4) is 0 Å². The van der Waals surface area contributed by atoms with Gasteiger partial charge in [0.25, 0.3) is 0 Å². The summed E-state index contributed by atoms with van der Waals surface area (Å²) >= 11 is 1.39. The van der Waals surface area contributed by atoms with Gasteiger partial charge in [-0.25, -0.2) is 13.8 Å². The molecular weight excluding hydrogens is 426 g/mol. The van der Waals surface area contributed by atoms with E-state index in [4.69, 9.17) is 4.74 Å². The number of morpholine rings is 1. The van der Waals surface area contributed by atoms with Crippen LogP contribution >= 0.6 is 11.3 Å². The number of carbonyl (C=O) groups excluding carboxylic acids is 2. The van der Waals surface area contributed by atoms with Crippen molar-refractivity contribution in [2.75, 3.05) is 31.6 Å². The normalized spacial score (nSPS) is 15.5. The van der Waals surface area contributed by atoms with Gasteiger partial charge in [-0.2, -0.15) is 0 Å². The van der Waals surface area contributed by atoms with Gasteiger partial charge in [0.05, 0.1) is 19.6 Å². The quantitative estimate of drug-likeness (QED) is 0.611. The first-order valence-electron chi connectivity index (χ1n) is 10.2. The topological polar surface area (TPSA) is 83.6 Å². The summed E-state index contributed by atoms with van der Waals surface area (Å²) < 4.78 is 32.0. The lowest BCUT2D eigenvalue weighted by molar-refractivity contribution is -0.126. The van der Waals surface area contributed by atoms with Crippen molar-refractivity contribution in [2.45, 2.75) is 38.8 Å². The minimum absolute atomic E-state index is 0.207. The number of rotatable bonds is 9. The van der Waals surface area contributed by atoms with E-state index in [1.807, 2.05) is 6.92 Å². The van der Waals surface area contributed by atoms with Crippen molar-refractivity contribution in [3.63, 3.8) is 0 Å². The van der Waals surface area contributed by atoms with Crippen molar-refractivity contribution in [1.29, 1.82) is 0 Å². The van der Waals surface area contributed by atoms with E-state index in [1.54, 1.807) is 6.20 Å². The molecular formula is C21H26F2N4O3S. The van der Waals surface area contributed by atoms with Gasteiger partial charge in [0.1, 0.15) is 17.7 Å². The van der Waals surface area contributed by atoms with Gasteiger partial charge in [0.2, 0.25) is 11.8 Å². The Hall–Kier alpha value is -2.43. The molecule has 1 atom stereocenters. The highest BCUT2D eigenvalue weighted by Gasteiger charge is 2.22. The molecule has 2 N–H and O–H groups in total. The minimum Gasteiger partial charge on any atom is -0.379 e. The lowest BCUT2D eigenvalue weighted by Gasteiger charge is -2.25. The molecule has 168 valence electrons. The SMILES string of the molecule is CCCC(NC(=O)Cc1cc(F)cc(F)c1)C(=O)Nc1ncc(CN2CCOCC2)s1. The summed E-state index contributed by atoms with van der Waals surface area (Å²) in [7, 11) is 0. The second-order valence-corrected chi connectivity index (χ2v) is 8.49. The number of amides is 2. The summed E-state index contributed by atoms with van der Waals surface area (Å²) in [4.78, 5) is 32.6. The molecule has 7 nitrogen and oxygen atoms in total. The number of hydrogen-bond acceptors (Lipinski definition) is 6. The highest BCUT2D eigenvalue weighted by atomic mass is 32.1. The standard InChI is InChI=1S/C21H26F2N4O3S/c1-2-3-18(25-19(28)10-14-8-15(22)11-16(23)9-14)20(29)26-21-24-12-17(31-21)13-27-4-6-30-7-5-27/h8-9,11-12,18H,2-7,10,13H2,1H3,(H,25,28)(H,24,26,29).